The molecule has 0 aliphatic heterocycles. The van der Waals surface area contributed by atoms with E-state index in [1.54, 1.807) is 38.2 Å². The van der Waals surface area contributed by atoms with Gasteiger partial charge in [-0.15, -0.1) is 0 Å². The smallest absolute Gasteiger partial charge is 0.263 e. The van der Waals surface area contributed by atoms with Gasteiger partial charge in [0.05, 0.1) is 10.7 Å². The fourth-order valence-electron chi connectivity index (χ4n) is 2.00. The molecule has 0 aliphatic carbocycles. The van der Waals surface area contributed by atoms with Crippen LogP contribution in [0.15, 0.2) is 35.1 Å². The van der Waals surface area contributed by atoms with Gasteiger partial charge in [0, 0.05) is 12.7 Å². The number of pyridine rings is 1. The molecule has 2 rings (SSSR count). The minimum absolute atomic E-state index is 0.137. The lowest BCUT2D eigenvalue weighted by Gasteiger charge is -2.11. The van der Waals surface area contributed by atoms with Crippen molar-refractivity contribution in [1.29, 1.82) is 0 Å². The third-order valence-corrected chi connectivity index (χ3v) is 3.55. The molecule has 0 atom stereocenters. The lowest BCUT2D eigenvalue weighted by molar-refractivity contribution is 0.102. The van der Waals surface area contributed by atoms with Gasteiger partial charge < -0.3 is 9.88 Å². The van der Waals surface area contributed by atoms with Crippen LogP contribution >= 0.6 is 11.6 Å². The summed E-state index contributed by atoms with van der Waals surface area (Å²) in [6.07, 6.45) is 0. The Kier molecular flexibility index (Phi) is 3.95. The second-order valence-corrected chi connectivity index (χ2v) is 5.05. The van der Waals surface area contributed by atoms with Gasteiger partial charge in [-0.1, -0.05) is 23.7 Å². The summed E-state index contributed by atoms with van der Waals surface area (Å²) in [4.78, 5) is 24.5. The van der Waals surface area contributed by atoms with Crippen molar-refractivity contribution in [2.45, 2.75) is 13.8 Å². The van der Waals surface area contributed by atoms with Crippen molar-refractivity contribution in [1.82, 2.24) is 4.57 Å². The number of nitrogens with zero attached hydrogens (tertiary/aromatic N) is 1. The van der Waals surface area contributed by atoms with Gasteiger partial charge in [-0.05, 0) is 37.6 Å². The zero-order valence-electron chi connectivity index (χ0n) is 11.5. The molecule has 0 saturated heterocycles. The standard InChI is InChI=1S/C15H15ClN2O2/c1-9-8-10(2)18(3)15(20)13(9)14(19)17-12-7-5-4-6-11(12)16/h4-8H,1-3H3,(H,17,19). The van der Waals surface area contributed by atoms with Gasteiger partial charge in [0.25, 0.3) is 11.5 Å². The molecule has 5 heteroatoms. The molecular formula is C15H15ClN2O2. The summed E-state index contributed by atoms with van der Waals surface area (Å²) in [6, 6.07) is 8.71. The molecule has 1 amide bonds. The lowest BCUT2D eigenvalue weighted by atomic mass is 10.1. The lowest BCUT2D eigenvalue weighted by Crippen LogP contribution is -2.30. The highest BCUT2D eigenvalue weighted by Crippen LogP contribution is 2.21. The number of aromatic nitrogens is 1. The van der Waals surface area contributed by atoms with Crippen molar-refractivity contribution in [3.05, 3.63) is 62.5 Å². The summed E-state index contributed by atoms with van der Waals surface area (Å²) >= 11 is 5.99. The van der Waals surface area contributed by atoms with E-state index in [9.17, 15) is 9.59 Å². The number of carbonyl (C=O) groups excluding carboxylic acids is 1. The van der Waals surface area contributed by atoms with Gasteiger partial charge in [0.15, 0.2) is 0 Å². The topological polar surface area (TPSA) is 51.1 Å². The van der Waals surface area contributed by atoms with Crippen molar-refractivity contribution >= 4 is 23.2 Å². The molecule has 0 radical (unpaired) electrons. The third-order valence-electron chi connectivity index (χ3n) is 3.22. The van der Waals surface area contributed by atoms with Crippen LogP contribution in [-0.2, 0) is 7.05 Å². The number of nitrogens with one attached hydrogen (secondary N) is 1. The Hall–Kier alpha value is -2.07. The molecule has 2 aromatic rings. The highest BCUT2D eigenvalue weighted by atomic mass is 35.5. The molecular weight excluding hydrogens is 276 g/mol. The summed E-state index contributed by atoms with van der Waals surface area (Å²) in [6.45, 7) is 3.57. The number of anilines is 1. The Morgan fingerprint density at radius 1 is 1.25 bits per heavy atom. The fourth-order valence-corrected chi connectivity index (χ4v) is 2.19. The summed E-state index contributed by atoms with van der Waals surface area (Å²) in [7, 11) is 1.64. The monoisotopic (exact) mass is 290 g/mol. The van der Waals surface area contributed by atoms with Crippen LogP contribution in [-0.4, -0.2) is 10.5 Å². The van der Waals surface area contributed by atoms with Crippen LogP contribution < -0.4 is 10.9 Å². The summed E-state index contributed by atoms with van der Waals surface area (Å²) in [5, 5.41) is 3.10. The molecule has 0 aliphatic rings. The van der Waals surface area contributed by atoms with E-state index in [2.05, 4.69) is 5.32 Å². The molecule has 1 aromatic carbocycles. The number of aryl methyl sites for hydroxylation is 2. The Labute approximate surface area is 122 Å². The molecule has 0 bridgehead atoms. The first-order chi connectivity index (χ1) is 9.41. The SMILES string of the molecule is Cc1cc(C)n(C)c(=O)c1C(=O)Nc1ccccc1Cl. The third kappa shape index (κ3) is 2.60. The molecule has 1 aromatic heterocycles. The van der Waals surface area contributed by atoms with Gasteiger partial charge in [0.1, 0.15) is 5.56 Å². The van der Waals surface area contributed by atoms with Gasteiger partial charge >= 0.3 is 0 Å². The Balaban J connectivity index is 2.43. The number of para-hydroxylation sites is 1. The minimum Gasteiger partial charge on any atom is -0.320 e. The summed E-state index contributed by atoms with van der Waals surface area (Å²) in [5.41, 5.74) is 1.77. The number of amides is 1. The van der Waals surface area contributed by atoms with E-state index in [4.69, 9.17) is 11.6 Å². The number of rotatable bonds is 2. The summed E-state index contributed by atoms with van der Waals surface area (Å²) < 4.78 is 1.45. The number of hydrogen-bond donors (Lipinski definition) is 1. The fraction of sp³-hybridized carbons (Fsp3) is 0.200. The van der Waals surface area contributed by atoms with Gasteiger partial charge in [-0.25, -0.2) is 0 Å². The van der Waals surface area contributed by atoms with Crippen LogP contribution in [0.25, 0.3) is 0 Å². The van der Waals surface area contributed by atoms with E-state index in [0.29, 0.717) is 16.3 Å². The highest BCUT2D eigenvalue weighted by Gasteiger charge is 2.17. The van der Waals surface area contributed by atoms with Crippen molar-refractivity contribution in [3.8, 4) is 0 Å². The molecule has 0 spiro atoms. The molecule has 0 fully saturated rings. The van der Waals surface area contributed by atoms with E-state index in [0.717, 1.165) is 5.69 Å². The predicted molar refractivity (Wildman–Crippen MR) is 80.6 cm³/mol. The first kappa shape index (κ1) is 14.3. The predicted octanol–water partition coefficient (Wildman–Crippen LogP) is 2.91. The van der Waals surface area contributed by atoms with E-state index in [-0.39, 0.29) is 11.1 Å². The van der Waals surface area contributed by atoms with E-state index in [1.807, 2.05) is 13.0 Å². The zero-order valence-corrected chi connectivity index (χ0v) is 12.3. The van der Waals surface area contributed by atoms with Crippen LogP contribution in [0.1, 0.15) is 21.6 Å². The number of halogens is 1. The molecule has 1 N–H and O–H groups in total. The van der Waals surface area contributed by atoms with Crippen LogP contribution in [0, 0.1) is 13.8 Å². The molecule has 1 heterocycles. The quantitative estimate of drug-likeness (QED) is 0.924. The van der Waals surface area contributed by atoms with Crippen LogP contribution in [0.4, 0.5) is 5.69 Å². The number of hydrogen-bond acceptors (Lipinski definition) is 2. The maximum Gasteiger partial charge on any atom is 0.263 e. The van der Waals surface area contributed by atoms with Crippen LogP contribution in [0.3, 0.4) is 0 Å². The molecule has 104 valence electrons. The van der Waals surface area contributed by atoms with Crippen molar-refractivity contribution in [2.24, 2.45) is 7.05 Å². The average molecular weight is 291 g/mol. The van der Waals surface area contributed by atoms with Gasteiger partial charge in [-0.2, -0.15) is 0 Å². The van der Waals surface area contributed by atoms with E-state index >= 15 is 0 Å². The minimum atomic E-state index is -0.448. The highest BCUT2D eigenvalue weighted by molar-refractivity contribution is 6.33. The Bertz CT molecular complexity index is 735. The zero-order chi connectivity index (χ0) is 14.9. The molecule has 0 saturated carbocycles. The second-order valence-electron chi connectivity index (χ2n) is 4.64. The van der Waals surface area contributed by atoms with E-state index in [1.165, 1.54) is 4.57 Å². The van der Waals surface area contributed by atoms with E-state index < -0.39 is 5.91 Å². The second kappa shape index (κ2) is 5.51. The number of carbonyl (C=O) groups is 1. The maximum atomic E-state index is 12.3. The average Bonchev–Trinajstić information content (AvgIpc) is 2.39. The van der Waals surface area contributed by atoms with Crippen LogP contribution in [0.5, 0.6) is 0 Å². The first-order valence-electron chi connectivity index (χ1n) is 6.15. The van der Waals surface area contributed by atoms with Crippen molar-refractivity contribution in [3.63, 3.8) is 0 Å². The molecule has 4 nitrogen and oxygen atoms in total. The van der Waals surface area contributed by atoms with Gasteiger partial charge in [-0.3, -0.25) is 9.59 Å². The van der Waals surface area contributed by atoms with Crippen LogP contribution in [0.2, 0.25) is 5.02 Å². The molecule has 0 unspecified atom stereocenters. The first-order valence-corrected chi connectivity index (χ1v) is 6.52. The van der Waals surface area contributed by atoms with Crippen molar-refractivity contribution < 1.29 is 4.79 Å². The van der Waals surface area contributed by atoms with Gasteiger partial charge in [0.2, 0.25) is 0 Å². The maximum absolute atomic E-state index is 12.3. The summed E-state index contributed by atoms with van der Waals surface area (Å²) in [5.74, 6) is -0.448. The Morgan fingerprint density at radius 2 is 1.90 bits per heavy atom. The number of benzene rings is 1. The largest absolute Gasteiger partial charge is 0.320 e. The normalized spacial score (nSPS) is 10.4. The molecule has 20 heavy (non-hydrogen) atoms. The Morgan fingerprint density at radius 3 is 2.55 bits per heavy atom. The van der Waals surface area contributed by atoms with Crippen molar-refractivity contribution in [2.75, 3.05) is 5.32 Å².